The van der Waals surface area contributed by atoms with Gasteiger partial charge < -0.3 is 11.1 Å². The summed E-state index contributed by atoms with van der Waals surface area (Å²) in [5.74, 6) is 0. The van der Waals surface area contributed by atoms with E-state index in [0.29, 0.717) is 6.54 Å². The van der Waals surface area contributed by atoms with Gasteiger partial charge in [-0.1, -0.05) is 24.3 Å². The number of nitrogens with two attached hydrogens (primary N) is 1. The first-order valence-corrected chi connectivity index (χ1v) is 6.42. The maximum atomic E-state index is 9.14. The van der Waals surface area contributed by atoms with E-state index in [1.165, 1.54) is 11.1 Å². The Balaban J connectivity index is 2.31. The van der Waals surface area contributed by atoms with E-state index in [4.69, 9.17) is 11.0 Å². The Morgan fingerprint density at radius 2 is 2.33 bits per heavy atom. The van der Waals surface area contributed by atoms with E-state index in [9.17, 15) is 0 Å². The van der Waals surface area contributed by atoms with Crippen molar-refractivity contribution in [2.75, 3.05) is 19.6 Å². The van der Waals surface area contributed by atoms with Crippen LogP contribution in [0.3, 0.4) is 0 Å². The van der Waals surface area contributed by atoms with Crippen LogP contribution in [0.2, 0.25) is 0 Å². The standard InChI is InChI=1S/C14H20N4/c1-11(8-15)18-7-6-17-10-14(18)13-5-3-2-4-12(13)9-16/h2-5,11,14,17H,6-7,9-10,16H2,1H3. The topological polar surface area (TPSA) is 65.1 Å². The molecule has 2 atom stereocenters. The van der Waals surface area contributed by atoms with Gasteiger partial charge in [0.1, 0.15) is 0 Å². The van der Waals surface area contributed by atoms with E-state index in [0.717, 1.165) is 19.6 Å². The Morgan fingerprint density at radius 1 is 1.56 bits per heavy atom. The van der Waals surface area contributed by atoms with E-state index in [1.807, 2.05) is 19.1 Å². The predicted octanol–water partition coefficient (Wildman–Crippen LogP) is 1.00. The summed E-state index contributed by atoms with van der Waals surface area (Å²) in [6, 6.07) is 10.8. The second kappa shape index (κ2) is 5.96. The molecule has 2 rings (SSSR count). The fraction of sp³-hybridized carbons (Fsp3) is 0.500. The van der Waals surface area contributed by atoms with E-state index < -0.39 is 0 Å². The third-order valence-electron chi connectivity index (χ3n) is 3.60. The minimum absolute atomic E-state index is 0.0667. The van der Waals surface area contributed by atoms with Crippen molar-refractivity contribution in [2.24, 2.45) is 5.73 Å². The van der Waals surface area contributed by atoms with Gasteiger partial charge in [0.05, 0.1) is 12.1 Å². The number of hydrogen-bond acceptors (Lipinski definition) is 4. The van der Waals surface area contributed by atoms with Gasteiger partial charge in [-0.2, -0.15) is 5.26 Å². The summed E-state index contributed by atoms with van der Waals surface area (Å²) < 4.78 is 0. The highest BCUT2D eigenvalue weighted by Crippen LogP contribution is 2.26. The lowest BCUT2D eigenvalue weighted by molar-refractivity contribution is 0.140. The first kappa shape index (κ1) is 13.0. The molecule has 0 aliphatic carbocycles. The van der Waals surface area contributed by atoms with Crippen molar-refractivity contribution in [3.63, 3.8) is 0 Å². The molecule has 0 bridgehead atoms. The van der Waals surface area contributed by atoms with Gasteiger partial charge in [0.15, 0.2) is 0 Å². The zero-order chi connectivity index (χ0) is 13.0. The molecule has 0 radical (unpaired) electrons. The lowest BCUT2D eigenvalue weighted by atomic mass is 9.96. The van der Waals surface area contributed by atoms with Crippen LogP contribution in [0.1, 0.15) is 24.1 Å². The summed E-state index contributed by atoms with van der Waals surface area (Å²) >= 11 is 0. The van der Waals surface area contributed by atoms with Crippen molar-refractivity contribution in [1.82, 2.24) is 10.2 Å². The molecule has 2 unspecified atom stereocenters. The van der Waals surface area contributed by atoms with E-state index >= 15 is 0 Å². The van der Waals surface area contributed by atoms with Crippen LogP contribution in [-0.2, 0) is 6.54 Å². The van der Waals surface area contributed by atoms with Crippen LogP contribution < -0.4 is 11.1 Å². The van der Waals surface area contributed by atoms with Crippen LogP contribution in [0.4, 0.5) is 0 Å². The number of benzene rings is 1. The molecule has 3 N–H and O–H groups in total. The van der Waals surface area contributed by atoms with Crippen LogP contribution >= 0.6 is 0 Å². The molecule has 4 heteroatoms. The zero-order valence-electron chi connectivity index (χ0n) is 10.8. The Hall–Kier alpha value is -1.41. The Kier molecular flexibility index (Phi) is 4.32. The quantitative estimate of drug-likeness (QED) is 0.832. The van der Waals surface area contributed by atoms with Crippen LogP contribution in [0.15, 0.2) is 24.3 Å². The van der Waals surface area contributed by atoms with E-state index in [-0.39, 0.29) is 12.1 Å². The van der Waals surface area contributed by atoms with Gasteiger partial charge in [0.25, 0.3) is 0 Å². The lowest BCUT2D eigenvalue weighted by Crippen LogP contribution is -2.49. The fourth-order valence-corrected chi connectivity index (χ4v) is 2.59. The molecular weight excluding hydrogens is 224 g/mol. The molecule has 1 aromatic rings. The predicted molar refractivity (Wildman–Crippen MR) is 71.7 cm³/mol. The third-order valence-corrected chi connectivity index (χ3v) is 3.60. The Bertz CT molecular complexity index is 438. The summed E-state index contributed by atoms with van der Waals surface area (Å²) in [6.45, 7) is 5.22. The molecule has 1 aliphatic rings. The summed E-state index contributed by atoms with van der Waals surface area (Å²) in [5, 5.41) is 12.5. The number of hydrogen-bond donors (Lipinski definition) is 2. The van der Waals surface area contributed by atoms with Crippen LogP contribution in [0, 0.1) is 11.3 Å². The molecule has 0 amide bonds. The summed E-state index contributed by atoms with van der Waals surface area (Å²) in [5.41, 5.74) is 8.22. The maximum absolute atomic E-state index is 9.14. The summed E-state index contributed by atoms with van der Waals surface area (Å²) in [6.07, 6.45) is 0. The average Bonchev–Trinajstić information content (AvgIpc) is 2.46. The SMILES string of the molecule is CC(C#N)N1CCNCC1c1ccccc1CN. The molecule has 1 saturated heterocycles. The van der Waals surface area contributed by atoms with Gasteiger partial charge >= 0.3 is 0 Å². The molecule has 1 fully saturated rings. The number of piperazine rings is 1. The van der Waals surface area contributed by atoms with Gasteiger partial charge in [0, 0.05) is 32.2 Å². The van der Waals surface area contributed by atoms with Crippen LogP contribution in [-0.4, -0.2) is 30.6 Å². The zero-order valence-corrected chi connectivity index (χ0v) is 10.8. The largest absolute Gasteiger partial charge is 0.326 e. The minimum atomic E-state index is -0.0667. The molecule has 0 saturated carbocycles. The molecule has 1 heterocycles. The lowest BCUT2D eigenvalue weighted by Gasteiger charge is -2.38. The highest BCUT2D eigenvalue weighted by molar-refractivity contribution is 5.31. The van der Waals surface area contributed by atoms with Crippen molar-refractivity contribution in [3.8, 4) is 6.07 Å². The van der Waals surface area contributed by atoms with Gasteiger partial charge in [-0.05, 0) is 18.1 Å². The maximum Gasteiger partial charge on any atom is 0.0955 e. The van der Waals surface area contributed by atoms with Crippen molar-refractivity contribution in [2.45, 2.75) is 25.6 Å². The first-order valence-electron chi connectivity index (χ1n) is 6.42. The van der Waals surface area contributed by atoms with Crippen molar-refractivity contribution in [3.05, 3.63) is 35.4 Å². The van der Waals surface area contributed by atoms with Gasteiger partial charge in [0.2, 0.25) is 0 Å². The molecule has 4 nitrogen and oxygen atoms in total. The fourth-order valence-electron chi connectivity index (χ4n) is 2.59. The second-order valence-electron chi connectivity index (χ2n) is 4.67. The van der Waals surface area contributed by atoms with Crippen LogP contribution in [0.5, 0.6) is 0 Å². The summed E-state index contributed by atoms with van der Waals surface area (Å²) in [4.78, 5) is 2.25. The normalized spacial score (nSPS) is 22.4. The van der Waals surface area contributed by atoms with Crippen molar-refractivity contribution >= 4 is 0 Å². The smallest absolute Gasteiger partial charge is 0.0955 e. The first-order chi connectivity index (χ1) is 8.77. The number of nitrogens with zero attached hydrogens (tertiary/aromatic N) is 2. The second-order valence-corrected chi connectivity index (χ2v) is 4.67. The summed E-state index contributed by atoms with van der Waals surface area (Å²) in [7, 11) is 0. The molecule has 0 spiro atoms. The minimum Gasteiger partial charge on any atom is -0.326 e. The highest BCUT2D eigenvalue weighted by Gasteiger charge is 2.28. The Morgan fingerprint density at radius 3 is 3.06 bits per heavy atom. The molecule has 1 aromatic carbocycles. The van der Waals surface area contributed by atoms with Crippen LogP contribution in [0.25, 0.3) is 0 Å². The highest BCUT2D eigenvalue weighted by atomic mass is 15.2. The van der Waals surface area contributed by atoms with E-state index in [2.05, 4.69) is 28.4 Å². The average molecular weight is 244 g/mol. The third kappa shape index (κ3) is 2.54. The molecule has 18 heavy (non-hydrogen) atoms. The molecule has 96 valence electrons. The molecule has 0 aromatic heterocycles. The van der Waals surface area contributed by atoms with Crippen molar-refractivity contribution in [1.29, 1.82) is 5.26 Å². The van der Waals surface area contributed by atoms with Gasteiger partial charge in [-0.25, -0.2) is 0 Å². The van der Waals surface area contributed by atoms with Gasteiger partial charge in [-0.3, -0.25) is 4.90 Å². The Labute approximate surface area is 108 Å². The van der Waals surface area contributed by atoms with E-state index in [1.54, 1.807) is 0 Å². The molecular formula is C14H20N4. The number of nitriles is 1. The number of nitrogens with one attached hydrogen (secondary N) is 1. The monoisotopic (exact) mass is 244 g/mol. The van der Waals surface area contributed by atoms with Gasteiger partial charge in [-0.15, -0.1) is 0 Å². The number of rotatable bonds is 3. The molecule has 1 aliphatic heterocycles. The van der Waals surface area contributed by atoms with Crippen molar-refractivity contribution < 1.29 is 0 Å².